The Morgan fingerprint density at radius 3 is 1.80 bits per heavy atom. The van der Waals surface area contributed by atoms with Crippen molar-refractivity contribution in [2.75, 3.05) is 0 Å². The average molecular weight is 595 g/mol. The number of fused-ring (bicyclic) bond motifs is 12. The molecule has 0 spiro atoms. The minimum Gasteiger partial charge on any atom is -0.460 e. The average Bonchev–Trinajstić information content (AvgIpc) is 3.86. The molecule has 0 amide bonds. The minimum atomic E-state index is 0.839. The zero-order valence-electron chi connectivity index (χ0n) is 24.9. The van der Waals surface area contributed by atoms with Crippen LogP contribution in [0.4, 0.5) is 0 Å². The molecule has 4 heteroatoms. The SMILES string of the molecule is C1=Cc2c(oc3c(-c4cccc(-c5c6oc7c(c6cc6c5oc5ccccc56)CCC=C7)c4)c4oc5ccccc5c4cc23)CC1. The van der Waals surface area contributed by atoms with Crippen molar-refractivity contribution in [3.05, 3.63) is 120 Å². The second kappa shape index (κ2) is 8.92. The van der Waals surface area contributed by atoms with E-state index in [0.29, 0.717) is 0 Å². The number of hydrogen-bond acceptors (Lipinski definition) is 4. The van der Waals surface area contributed by atoms with Crippen LogP contribution in [0.2, 0.25) is 0 Å². The largest absolute Gasteiger partial charge is 0.460 e. The molecule has 218 valence electrons. The van der Waals surface area contributed by atoms with Crippen molar-refractivity contribution in [3.8, 4) is 22.3 Å². The first-order valence-corrected chi connectivity index (χ1v) is 16.0. The van der Waals surface area contributed by atoms with Crippen LogP contribution in [0.3, 0.4) is 0 Å². The van der Waals surface area contributed by atoms with E-state index >= 15 is 0 Å². The molecule has 0 N–H and O–H groups in total. The monoisotopic (exact) mass is 594 g/mol. The van der Waals surface area contributed by atoms with Gasteiger partial charge in [0, 0.05) is 49.9 Å². The van der Waals surface area contributed by atoms with Crippen molar-refractivity contribution < 1.29 is 17.7 Å². The Balaban J connectivity index is 1.25. The Hall–Kier alpha value is -5.74. The molecule has 2 aliphatic rings. The number of para-hydroxylation sites is 2. The van der Waals surface area contributed by atoms with Crippen molar-refractivity contribution >= 4 is 78.0 Å². The summed E-state index contributed by atoms with van der Waals surface area (Å²) < 4.78 is 26.6. The van der Waals surface area contributed by atoms with E-state index in [1.54, 1.807) is 0 Å². The van der Waals surface area contributed by atoms with E-state index in [4.69, 9.17) is 17.7 Å². The molecule has 0 fully saturated rings. The summed E-state index contributed by atoms with van der Waals surface area (Å²) in [6.45, 7) is 0. The van der Waals surface area contributed by atoms with Gasteiger partial charge in [0.25, 0.3) is 0 Å². The van der Waals surface area contributed by atoms with Crippen LogP contribution in [0.25, 0.3) is 100 Å². The van der Waals surface area contributed by atoms with Crippen LogP contribution in [0, 0.1) is 0 Å². The third kappa shape index (κ3) is 3.23. The Labute approximate surface area is 262 Å². The summed E-state index contributed by atoms with van der Waals surface area (Å²) in [5, 5.41) is 6.70. The predicted octanol–water partition coefficient (Wildman–Crippen LogP) is 12.2. The summed E-state index contributed by atoms with van der Waals surface area (Å²) in [4.78, 5) is 0. The lowest BCUT2D eigenvalue weighted by molar-refractivity contribution is 0.546. The maximum atomic E-state index is 6.71. The Bertz CT molecular complexity index is 2770. The molecule has 4 nitrogen and oxygen atoms in total. The zero-order chi connectivity index (χ0) is 29.9. The van der Waals surface area contributed by atoms with Gasteiger partial charge in [-0.25, -0.2) is 0 Å². The highest BCUT2D eigenvalue weighted by atomic mass is 16.4. The molecule has 11 rings (SSSR count). The van der Waals surface area contributed by atoms with Gasteiger partial charge in [0.15, 0.2) is 0 Å². The first-order chi connectivity index (χ1) is 22.8. The molecule has 0 radical (unpaired) electrons. The van der Waals surface area contributed by atoms with Gasteiger partial charge in [-0.3, -0.25) is 0 Å². The molecule has 0 unspecified atom stereocenters. The predicted molar refractivity (Wildman–Crippen MR) is 186 cm³/mol. The lowest BCUT2D eigenvalue weighted by Crippen LogP contribution is -1.89. The second-order valence-corrected chi connectivity index (χ2v) is 12.6. The van der Waals surface area contributed by atoms with E-state index in [2.05, 4.69) is 85.0 Å². The highest BCUT2D eigenvalue weighted by molar-refractivity contribution is 6.20. The Kier molecular flexibility index (Phi) is 4.76. The highest BCUT2D eigenvalue weighted by Crippen LogP contribution is 2.48. The van der Waals surface area contributed by atoms with Crippen molar-refractivity contribution in [3.63, 3.8) is 0 Å². The van der Waals surface area contributed by atoms with E-state index in [1.165, 1.54) is 11.1 Å². The van der Waals surface area contributed by atoms with Crippen molar-refractivity contribution in [2.45, 2.75) is 25.7 Å². The van der Waals surface area contributed by atoms with Crippen LogP contribution in [-0.4, -0.2) is 0 Å². The van der Waals surface area contributed by atoms with Gasteiger partial charge in [-0.15, -0.1) is 0 Å². The maximum Gasteiger partial charge on any atom is 0.147 e. The first-order valence-electron chi connectivity index (χ1n) is 16.0. The van der Waals surface area contributed by atoms with Crippen LogP contribution in [-0.2, 0) is 12.8 Å². The summed E-state index contributed by atoms with van der Waals surface area (Å²) >= 11 is 0. The Morgan fingerprint density at radius 1 is 0.457 bits per heavy atom. The van der Waals surface area contributed by atoms with Crippen molar-refractivity contribution in [2.24, 2.45) is 0 Å². The standard InChI is InChI=1S/C42H26O4/c1-5-16-33-25(12-1)29-21-30-26-13-2-6-17-34(26)44-40(30)37(39(29)43-33)23-10-9-11-24(20-23)38-41-31(27-14-3-7-18-35(27)45-41)22-32-28-15-4-8-19-36(28)46-42(32)38/h1-3,5,7-14,16,18-22H,4,6,15,17H2. The number of allylic oxidation sites excluding steroid dienone is 2. The molecule has 46 heavy (non-hydrogen) atoms. The van der Waals surface area contributed by atoms with Crippen LogP contribution in [0.5, 0.6) is 0 Å². The van der Waals surface area contributed by atoms with Gasteiger partial charge in [-0.1, -0.05) is 72.8 Å². The Morgan fingerprint density at radius 2 is 1.07 bits per heavy atom. The molecule has 0 aliphatic heterocycles. The van der Waals surface area contributed by atoms with E-state index in [1.807, 2.05) is 24.3 Å². The van der Waals surface area contributed by atoms with Crippen molar-refractivity contribution in [1.29, 1.82) is 0 Å². The van der Waals surface area contributed by atoms with Gasteiger partial charge >= 0.3 is 0 Å². The van der Waals surface area contributed by atoms with Crippen LogP contribution >= 0.6 is 0 Å². The topological polar surface area (TPSA) is 52.6 Å². The minimum absolute atomic E-state index is 0.839. The van der Waals surface area contributed by atoms with Crippen LogP contribution in [0.1, 0.15) is 35.5 Å². The van der Waals surface area contributed by atoms with E-state index in [9.17, 15) is 0 Å². The van der Waals surface area contributed by atoms with Crippen LogP contribution < -0.4 is 0 Å². The molecule has 0 saturated carbocycles. The number of aryl methyl sites for hydroxylation is 2. The van der Waals surface area contributed by atoms with Crippen LogP contribution in [0.15, 0.2) is 115 Å². The maximum absolute atomic E-state index is 6.71. The summed E-state index contributed by atoms with van der Waals surface area (Å²) in [5.74, 6) is 1.98. The lowest BCUT2D eigenvalue weighted by atomic mass is 9.92. The summed E-state index contributed by atoms with van der Waals surface area (Å²) in [6.07, 6.45) is 12.6. The quantitative estimate of drug-likeness (QED) is 0.200. The smallest absolute Gasteiger partial charge is 0.147 e. The van der Waals surface area contributed by atoms with Gasteiger partial charge in [-0.2, -0.15) is 0 Å². The molecular formula is C42H26O4. The summed E-state index contributed by atoms with van der Waals surface area (Å²) in [5.41, 5.74) is 11.6. The zero-order valence-corrected chi connectivity index (χ0v) is 24.9. The molecule has 9 aromatic rings. The van der Waals surface area contributed by atoms with Crippen molar-refractivity contribution in [1.82, 2.24) is 0 Å². The van der Waals surface area contributed by atoms with Gasteiger partial charge in [0.1, 0.15) is 45.0 Å². The van der Waals surface area contributed by atoms with Gasteiger partial charge in [-0.05, 0) is 66.8 Å². The molecular weight excluding hydrogens is 568 g/mol. The first kappa shape index (κ1) is 24.6. The highest BCUT2D eigenvalue weighted by Gasteiger charge is 2.26. The van der Waals surface area contributed by atoms with Gasteiger partial charge in [0.2, 0.25) is 0 Å². The second-order valence-electron chi connectivity index (χ2n) is 12.6. The number of rotatable bonds is 2. The third-order valence-corrected chi connectivity index (χ3v) is 9.99. The van der Waals surface area contributed by atoms with E-state index < -0.39 is 0 Å². The molecule has 4 aromatic heterocycles. The number of benzene rings is 5. The molecule has 0 atom stereocenters. The van der Waals surface area contributed by atoms with Gasteiger partial charge in [0.05, 0.1) is 11.1 Å². The number of hydrogen-bond donors (Lipinski definition) is 0. The molecule has 2 aliphatic carbocycles. The molecule has 5 aromatic carbocycles. The fourth-order valence-corrected chi connectivity index (χ4v) is 7.90. The lowest BCUT2D eigenvalue weighted by Gasteiger charge is -2.09. The normalized spacial score (nSPS) is 14.4. The third-order valence-electron chi connectivity index (χ3n) is 9.99. The molecule has 0 saturated heterocycles. The molecule has 4 heterocycles. The fraction of sp³-hybridized carbons (Fsp3) is 0.0952. The fourth-order valence-electron chi connectivity index (χ4n) is 7.90. The van der Waals surface area contributed by atoms with Gasteiger partial charge < -0.3 is 17.7 Å². The summed E-state index contributed by atoms with van der Waals surface area (Å²) in [6, 6.07) is 29.8. The molecule has 0 bridgehead atoms. The number of furan rings is 4. The van der Waals surface area contributed by atoms with E-state index in [-0.39, 0.29) is 0 Å². The van der Waals surface area contributed by atoms with E-state index in [0.717, 1.165) is 125 Å². The summed E-state index contributed by atoms with van der Waals surface area (Å²) in [7, 11) is 0.